The van der Waals surface area contributed by atoms with Gasteiger partial charge in [0.15, 0.2) is 21.3 Å². The standard InChI is InChI=1S/C17H22N2O7S/c1-11(20)26-17-14(24-2)6-13(7-15(17)25-3)9-18-19-16(21)8-12-4-5-27(22,23)10-12/h6-7,9,12H,4-5,8,10H2,1-3H3,(H,19,21)/b18-9-/t12-/m0/s1. The molecule has 0 bridgehead atoms. The van der Waals surface area contributed by atoms with E-state index in [1.165, 1.54) is 27.4 Å². The number of benzene rings is 1. The van der Waals surface area contributed by atoms with Gasteiger partial charge in [0.05, 0.1) is 31.9 Å². The number of hydrogen-bond acceptors (Lipinski definition) is 8. The molecule has 1 aromatic rings. The lowest BCUT2D eigenvalue weighted by molar-refractivity contribution is -0.132. The van der Waals surface area contributed by atoms with Gasteiger partial charge in [-0.25, -0.2) is 13.8 Å². The lowest BCUT2D eigenvalue weighted by atomic mass is 10.1. The van der Waals surface area contributed by atoms with Gasteiger partial charge in [-0.3, -0.25) is 9.59 Å². The number of carbonyl (C=O) groups is 2. The highest BCUT2D eigenvalue weighted by molar-refractivity contribution is 7.91. The van der Waals surface area contributed by atoms with Crippen LogP contribution >= 0.6 is 0 Å². The normalized spacial score (nSPS) is 18.3. The van der Waals surface area contributed by atoms with Crippen LogP contribution in [0.4, 0.5) is 0 Å². The number of nitrogens with zero attached hydrogens (tertiary/aromatic N) is 1. The summed E-state index contributed by atoms with van der Waals surface area (Å²) in [6.07, 6.45) is 1.98. The van der Waals surface area contributed by atoms with Crippen LogP contribution in [0.1, 0.15) is 25.3 Å². The Hall–Kier alpha value is -2.62. The largest absolute Gasteiger partial charge is 0.493 e. The highest BCUT2D eigenvalue weighted by atomic mass is 32.2. The molecular weight excluding hydrogens is 376 g/mol. The first-order chi connectivity index (χ1) is 12.7. The maximum absolute atomic E-state index is 11.9. The molecule has 0 spiro atoms. The van der Waals surface area contributed by atoms with E-state index in [1.54, 1.807) is 12.1 Å². The van der Waals surface area contributed by atoms with Crippen LogP contribution in [0.25, 0.3) is 0 Å². The van der Waals surface area contributed by atoms with Crippen LogP contribution in [-0.2, 0) is 19.4 Å². The minimum Gasteiger partial charge on any atom is -0.493 e. The summed E-state index contributed by atoms with van der Waals surface area (Å²) in [6, 6.07) is 3.14. The SMILES string of the molecule is COc1cc(/C=N\NC(=O)C[C@@H]2CCS(=O)(=O)C2)cc(OC)c1OC(C)=O. The van der Waals surface area contributed by atoms with Crippen LogP contribution in [0.3, 0.4) is 0 Å². The summed E-state index contributed by atoms with van der Waals surface area (Å²) in [5, 5.41) is 3.87. The summed E-state index contributed by atoms with van der Waals surface area (Å²) in [6.45, 7) is 1.26. The first-order valence-electron chi connectivity index (χ1n) is 8.21. The number of ether oxygens (including phenoxy) is 3. The van der Waals surface area contributed by atoms with E-state index >= 15 is 0 Å². The first-order valence-corrected chi connectivity index (χ1v) is 10.0. The Morgan fingerprint density at radius 1 is 1.26 bits per heavy atom. The molecule has 0 radical (unpaired) electrons. The molecule has 148 valence electrons. The van der Waals surface area contributed by atoms with Gasteiger partial charge in [0.1, 0.15) is 0 Å². The molecule has 1 saturated heterocycles. The molecule has 1 aliphatic heterocycles. The van der Waals surface area contributed by atoms with Gasteiger partial charge in [-0.05, 0) is 24.5 Å². The van der Waals surface area contributed by atoms with Gasteiger partial charge in [0.2, 0.25) is 11.7 Å². The van der Waals surface area contributed by atoms with Crippen LogP contribution in [0.5, 0.6) is 17.2 Å². The molecular formula is C17H22N2O7S. The second kappa shape index (κ2) is 8.85. The van der Waals surface area contributed by atoms with E-state index in [-0.39, 0.29) is 47.0 Å². The van der Waals surface area contributed by atoms with Crippen LogP contribution in [0, 0.1) is 5.92 Å². The van der Waals surface area contributed by atoms with Gasteiger partial charge in [-0.15, -0.1) is 0 Å². The summed E-state index contributed by atoms with van der Waals surface area (Å²) >= 11 is 0. The van der Waals surface area contributed by atoms with E-state index in [0.717, 1.165) is 0 Å². The fraction of sp³-hybridized carbons (Fsp3) is 0.471. The van der Waals surface area contributed by atoms with Crippen LogP contribution in [-0.4, -0.2) is 52.2 Å². The Morgan fingerprint density at radius 3 is 2.37 bits per heavy atom. The van der Waals surface area contributed by atoms with Crippen molar-refractivity contribution in [1.82, 2.24) is 5.43 Å². The average molecular weight is 398 g/mol. The van der Waals surface area contributed by atoms with E-state index in [0.29, 0.717) is 12.0 Å². The molecule has 1 heterocycles. The molecule has 0 aliphatic carbocycles. The molecule has 1 amide bonds. The predicted molar refractivity (Wildman–Crippen MR) is 98.0 cm³/mol. The predicted octanol–water partition coefficient (Wildman–Crippen LogP) is 0.904. The molecule has 9 nitrogen and oxygen atoms in total. The number of carbonyl (C=O) groups excluding carboxylic acids is 2. The van der Waals surface area contributed by atoms with Crippen LogP contribution in [0.15, 0.2) is 17.2 Å². The number of methoxy groups -OCH3 is 2. The number of nitrogens with one attached hydrogen (secondary N) is 1. The maximum Gasteiger partial charge on any atom is 0.308 e. The van der Waals surface area contributed by atoms with Crippen molar-refractivity contribution < 1.29 is 32.2 Å². The smallest absolute Gasteiger partial charge is 0.308 e. The van der Waals surface area contributed by atoms with Crippen molar-refractivity contribution in [3.63, 3.8) is 0 Å². The summed E-state index contributed by atoms with van der Waals surface area (Å²) in [5.74, 6) is -0.192. The molecule has 0 saturated carbocycles. The van der Waals surface area contributed by atoms with Gasteiger partial charge < -0.3 is 14.2 Å². The van der Waals surface area contributed by atoms with E-state index < -0.39 is 15.8 Å². The van der Waals surface area contributed by atoms with E-state index in [2.05, 4.69) is 10.5 Å². The summed E-state index contributed by atoms with van der Waals surface area (Å²) in [4.78, 5) is 23.1. The van der Waals surface area contributed by atoms with Crippen molar-refractivity contribution in [1.29, 1.82) is 0 Å². The summed E-state index contributed by atoms with van der Waals surface area (Å²) < 4.78 is 38.3. The number of amides is 1. The van der Waals surface area contributed by atoms with Crippen molar-refractivity contribution in [2.24, 2.45) is 11.0 Å². The molecule has 0 aromatic heterocycles. The maximum atomic E-state index is 11.9. The Bertz CT molecular complexity index is 824. The molecule has 2 rings (SSSR count). The minimum absolute atomic E-state index is 0.0378. The first kappa shape index (κ1) is 20.7. The zero-order valence-corrected chi connectivity index (χ0v) is 16.2. The van der Waals surface area contributed by atoms with Crippen LogP contribution < -0.4 is 19.6 Å². The zero-order valence-electron chi connectivity index (χ0n) is 15.4. The minimum atomic E-state index is -3.01. The highest BCUT2D eigenvalue weighted by Gasteiger charge is 2.29. The Kier molecular flexibility index (Phi) is 6.78. The third-order valence-corrected chi connectivity index (χ3v) is 5.77. The average Bonchev–Trinajstić information content (AvgIpc) is 2.93. The van der Waals surface area contributed by atoms with Gasteiger partial charge >= 0.3 is 5.97 Å². The molecule has 0 unspecified atom stereocenters. The Balaban J connectivity index is 2.03. The third kappa shape index (κ3) is 5.95. The van der Waals surface area contributed by atoms with Gasteiger partial charge in [-0.2, -0.15) is 5.10 Å². The second-order valence-corrected chi connectivity index (χ2v) is 8.34. The molecule has 10 heteroatoms. The Morgan fingerprint density at radius 2 is 1.89 bits per heavy atom. The fourth-order valence-corrected chi connectivity index (χ4v) is 4.60. The quantitative estimate of drug-likeness (QED) is 0.314. The van der Waals surface area contributed by atoms with Crippen molar-refractivity contribution in [3.05, 3.63) is 17.7 Å². The van der Waals surface area contributed by atoms with Gasteiger partial charge in [0.25, 0.3) is 0 Å². The Labute approximate surface area is 157 Å². The molecule has 1 fully saturated rings. The topological polar surface area (TPSA) is 120 Å². The number of hydrogen-bond donors (Lipinski definition) is 1. The third-order valence-electron chi connectivity index (χ3n) is 3.93. The van der Waals surface area contributed by atoms with Crippen molar-refractivity contribution >= 4 is 27.9 Å². The van der Waals surface area contributed by atoms with Gasteiger partial charge in [0, 0.05) is 18.9 Å². The van der Waals surface area contributed by atoms with Gasteiger partial charge in [-0.1, -0.05) is 0 Å². The molecule has 1 N–H and O–H groups in total. The monoisotopic (exact) mass is 398 g/mol. The zero-order chi connectivity index (χ0) is 20.0. The number of esters is 1. The van der Waals surface area contributed by atoms with Crippen molar-refractivity contribution in [3.8, 4) is 17.2 Å². The van der Waals surface area contributed by atoms with E-state index in [1.807, 2.05) is 0 Å². The van der Waals surface area contributed by atoms with Crippen molar-refractivity contribution in [2.75, 3.05) is 25.7 Å². The molecule has 1 aliphatic rings. The lowest BCUT2D eigenvalue weighted by Gasteiger charge is -2.13. The second-order valence-electron chi connectivity index (χ2n) is 6.11. The molecule has 1 aromatic carbocycles. The fourth-order valence-electron chi connectivity index (χ4n) is 2.74. The molecule has 27 heavy (non-hydrogen) atoms. The van der Waals surface area contributed by atoms with E-state index in [9.17, 15) is 18.0 Å². The number of sulfone groups is 1. The molecule has 1 atom stereocenters. The summed E-state index contributed by atoms with van der Waals surface area (Å²) in [5.41, 5.74) is 2.92. The van der Waals surface area contributed by atoms with Crippen molar-refractivity contribution in [2.45, 2.75) is 19.8 Å². The summed E-state index contributed by atoms with van der Waals surface area (Å²) in [7, 11) is -0.181. The highest BCUT2D eigenvalue weighted by Crippen LogP contribution is 2.38. The van der Waals surface area contributed by atoms with E-state index in [4.69, 9.17) is 14.2 Å². The lowest BCUT2D eigenvalue weighted by Crippen LogP contribution is -2.21. The number of rotatable bonds is 7. The number of hydrazone groups is 1. The van der Waals surface area contributed by atoms with Crippen LogP contribution in [0.2, 0.25) is 0 Å².